The first-order valence-corrected chi connectivity index (χ1v) is 16.6. The Balaban J connectivity index is 2.04. The molecule has 4 rings (SSSR count). The second kappa shape index (κ2) is 13.1. The molecule has 0 aromatic rings. The molecule has 1 amide bonds. The average Bonchev–Trinajstić information content (AvgIpc) is 2.96. The Morgan fingerprint density at radius 3 is 2.06 bits per heavy atom. The van der Waals surface area contributed by atoms with Crippen LogP contribution in [0.4, 0.5) is 0 Å². The van der Waals surface area contributed by atoms with Crippen LogP contribution in [0.15, 0.2) is 11.1 Å². The third kappa shape index (κ3) is 5.39. The topological polar surface area (TPSA) is 162 Å². The molecule has 13 heteroatoms. The molecule has 3 unspecified atom stereocenters. The summed E-state index contributed by atoms with van der Waals surface area (Å²) in [5.41, 5.74) is -4.03. The number of carbonyl (C=O) groups is 5. The number of ether oxygens (including phenoxy) is 7. The van der Waals surface area contributed by atoms with Gasteiger partial charge in [0.05, 0.1) is 18.6 Å². The van der Waals surface area contributed by atoms with E-state index in [-0.39, 0.29) is 36.6 Å². The van der Waals surface area contributed by atoms with Gasteiger partial charge in [-0.15, -0.1) is 0 Å². The number of rotatable bonds is 9. The first-order valence-electron chi connectivity index (χ1n) is 16.6. The first kappa shape index (κ1) is 37.9. The number of ketones is 1. The van der Waals surface area contributed by atoms with E-state index in [1.807, 2.05) is 34.6 Å². The Labute approximate surface area is 283 Å². The van der Waals surface area contributed by atoms with Gasteiger partial charge in [-0.2, -0.15) is 0 Å². The van der Waals surface area contributed by atoms with Gasteiger partial charge in [-0.3, -0.25) is 19.2 Å². The summed E-state index contributed by atoms with van der Waals surface area (Å²) >= 11 is 0. The molecule has 0 spiro atoms. The zero-order valence-corrected chi connectivity index (χ0v) is 30.5. The Morgan fingerprint density at radius 2 is 1.60 bits per heavy atom. The van der Waals surface area contributed by atoms with Gasteiger partial charge >= 0.3 is 17.9 Å². The fourth-order valence-corrected chi connectivity index (χ4v) is 9.70. The monoisotopic (exact) mass is 679 g/mol. The number of amides is 1. The van der Waals surface area contributed by atoms with E-state index in [1.165, 1.54) is 42.1 Å². The maximum Gasteiger partial charge on any atom is 0.337 e. The van der Waals surface area contributed by atoms with Crippen LogP contribution in [0.1, 0.15) is 75.7 Å². The van der Waals surface area contributed by atoms with Crippen molar-refractivity contribution in [2.45, 2.75) is 123 Å². The van der Waals surface area contributed by atoms with Gasteiger partial charge < -0.3 is 38.5 Å². The van der Waals surface area contributed by atoms with Crippen LogP contribution < -0.4 is 5.32 Å². The Morgan fingerprint density at radius 1 is 0.979 bits per heavy atom. The number of hydrogen-bond donors (Lipinski definition) is 1. The molecule has 0 aromatic carbocycles. The highest BCUT2D eigenvalue weighted by Gasteiger charge is 2.79. The lowest BCUT2D eigenvalue weighted by Crippen LogP contribution is -2.82. The molecule has 1 saturated heterocycles. The van der Waals surface area contributed by atoms with Crippen LogP contribution in [0.2, 0.25) is 0 Å². The number of hydrogen-bond acceptors (Lipinski definition) is 12. The largest absolute Gasteiger partial charge is 0.459 e. The summed E-state index contributed by atoms with van der Waals surface area (Å²) < 4.78 is 43.0. The molecule has 1 N–H and O–H groups in total. The van der Waals surface area contributed by atoms with Gasteiger partial charge in [0.2, 0.25) is 5.91 Å². The minimum Gasteiger partial charge on any atom is -0.459 e. The summed E-state index contributed by atoms with van der Waals surface area (Å²) in [6.45, 7) is 16.9. The second-order valence-corrected chi connectivity index (χ2v) is 14.8. The lowest BCUT2D eigenvalue weighted by Gasteiger charge is -2.70. The highest BCUT2D eigenvalue weighted by molar-refractivity contribution is 5.93. The molecule has 48 heavy (non-hydrogen) atoms. The molecular weight excluding hydrogens is 626 g/mol. The molecule has 12 atom stereocenters. The van der Waals surface area contributed by atoms with E-state index in [9.17, 15) is 19.2 Å². The van der Waals surface area contributed by atoms with Crippen molar-refractivity contribution in [3.63, 3.8) is 0 Å². The van der Waals surface area contributed by atoms with Gasteiger partial charge in [0, 0.05) is 59.4 Å². The van der Waals surface area contributed by atoms with Crippen molar-refractivity contribution in [3.8, 4) is 0 Å². The van der Waals surface area contributed by atoms with E-state index in [2.05, 4.69) is 5.32 Å². The molecule has 270 valence electrons. The third-order valence-electron chi connectivity index (χ3n) is 12.1. The van der Waals surface area contributed by atoms with Gasteiger partial charge in [-0.05, 0) is 36.8 Å². The molecule has 0 radical (unpaired) electrons. The standard InChI is InChI=1S/C35H53NO12/c1-16-18(3)33(10)27(34(48-22(7)39)15-45-29(16)34)30(46-21(6)38)35(44-13)14-23(47-31(41)25(42-11)19(4)36-20(5)37)17(2)24(32(35,8)9)26(43-12)28(33)40/h16,18-19,23,25-27,29-30H,14-15H2,1-13H3,(H,36,37)/t16?,18?,19-,23-,25+,26+,27-,29+,30-,33+,34+,35?/m0/s1. The molecule has 2 saturated carbocycles. The molecule has 13 nitrogen and oxygen atoms in total. The van der Waals surface area contributed by atoms with Crippen molar-refractivity contribution in [2.75, 3.05) is 27.9 Å². The number of fused-ring (bicyclic) bond motifs is 5. The van der Waals surface area contributed by atoms with Crippen LogP contribution in [0, 0.1) is 28.6 Å². The van der Waals surface area contributed by atoms with E-state index < -0.39 is 82.4 Å². The van der Waals surface area contributed by atoms with Crippen molar-refractivity contribution in [1.29, 1.82) is 0 Å². The third-order valence-corrected chi connectivity index (χ3v) is 12.1. The number of esters is 3. The average molecular weight is 680 g/mol. The van der Waals surface area contributed by atoms with Crippen LogP contribution in [-0.4, -0.2) is 105 Å². The first-order chi connectivity index (χ1) is 22.2. The van der Waals surface area contributed by atoms with Crippen molar-refractivity contribution in [3.05, 3.63) is 11.1 Å². The highest BCUT2D eigenvalue weighted by atomic mass is 16.6. The maximum atomic E-state index is 15.3. The molecule has 4 aliphatic rings. The van der Waals surface area contributed by atoms with Gasteiger partial charge in [-0.25, -0.2) is 4.79 Å². The minimum atomic E-state index is -1.46. The molecule has 3 aliphatic carbocycles. The predicted molar refractivity (Wildman–Crippen MR) is 170 cm³/mol. The van der Waals surface area contributed by atoms with Crippen molar-refractivity contribution < 1.29 is 57.1 Å². The van der Waals surface area contributed by atoms with Crippen LogP contribution in [-0.2, 0) is 57.1 Å². The van der Waals surface area contributed by atoms with E-state index in [0.717, 1.165) is 0 Å². The smallest absolute Gasteiger partial charge is 0.337 e. The van der Waals surface area contributed by atoms with E-state index >= 15 is 4.79 Å². The lowest BCUT2D eigenvalue weighted by molar-refractivity contribution is -0.356. The molecule has 2 bridgehead atoms. The van der Waals surface area contributed by atoms with Gasteiger partial charge in [0.1, 0.15) is 30.0 Å². The second-order valence-electron chi connectivity index (χ2n) is 14.8. The summed E-state index contributed by atoms with van der Waals surface area (Å²) in [6, 6.07) is -0.720. The summed E-state index contributed by atoms with van der Waals surface area (Å²) in [5, 5.41) is 2.66. The van der Waals surface area contributed by atoms with E-state index in [1.54, 1.807) is 13.8 Å². The summed E-state index contributed by atoms with van der Waals surface area (Å²) in [5.74, 6) is -4.10. The SMILES string of the molecule is CO[C@H]1C(=O)[C@]2(C)C(C)C(C)[C@H]3OC[C@@]3(OC(C)=O)[C@H]2[C@H](OC(C)=O)C2(OC)C[C@H](OC(=O)[C@H](OC)[C@H](C)NC(C)=O)C(C)=C1C2(C)C. The van der Waals surface area contributed by atoms with Crippen LogP contribution >= 0.6 is 0 Å². The molecule has 0 aromatic heterocycles. The fourth-order valence-electron chi connectivity index (χ4n) is 9.70. The lowest BCUT2D eigenvalue weighted by atomic mass is 9.41. The zero-order valence-electron chi connectivity index (χ0n) is 30.5. The normalized spacial score (nSPS) is 39.7. The number of methoxy groups -OCH3 is 3. The summed E-state index contributed by atoms with van der Waals surface area (Å²) in [4.78, 5) is 66.8. The number of Topliss-reactive ketones (excluding diaryl/α,β-unsaturated/α-hetero) is 1. The van der Waals surface area contributed by atoms with Gasteiger partial charge in [0.25, 0.3) is 0 Å². The fraction of sp³-hybridized carbons (Fsp3) is 0.800. The van der Waals surface area contributed by atoms with E-state index in [4.69, 9.17) is 33.2 Å². The molecule has 1 heterocycles. The number of carbonyl (C=O) groups excluding carboxylic acids is 5. The Bertz CT molecular complexity index is 1370. The highest BCUT2D eigenvalue weighted by Crippen LogP contribution is 2.67. The maximum absolute atomic E-state index is 15.3. The van der Waals surface area contributed by atoms with Gasteiger partial charge in [-0.1, -0.05) is 34.6 Å². The Hall–Kier alpha value is -2.87. The predicted octanol–water partition coefficient (Wildman–Crippen LogP) is 2.71. The van der Waals surface area contributed by atoms with Crippen molar-refractivity contribution in [2.24, 2.45) is 28.6 Å². The van der Waals surface area contributed by atoms with Crippen LogP contribution in [0.25, 0.3) is 0 Å². The summed E-state index contributed by atoms with van der Waals surface area (Å²) in [7, 11) is 4.29. The minimum absolute atomic E-state index is 0.00326. The van der Waals surface area contributed by atoms with Crippen LogP contribution in [0.5, 0.6) is 0 Å². The summed E-state index contributed by atoms with van der Waals surface area (Å²) in [6.07, 6.45) is -5.05. The van der Waals surface area contributed by atoms with Crippen LogP contribution in [0.3, 0.4) is 0 Å². The van der Waals surface area contributed by atoms with Crippen molar-refractivity contribution >= 4 is 29.6 Å². The van der Waals surface area contributed by atoms with Gasteiger partial charge in [0.15, 0.2) is 17.5 Å². The molecule has 1 aliphatic heterocycles. The quantitative estimate of drug-likeness (QED) is 0.216. The Kier molecular flexibility index (Phi) is 10.4. The zero-order chi connectivity index (χ0) is 36.3. The van der Waals surface area contributed by atoms with Crippen molar-refractivity contribution in [1.82, 2.24) is 5.32 Å². The molecule has 3 fully saturated rings. The number of nitrogens with one attached hydrogen (secondary N) is 1. The van der Waals surface area contributed by atoms with E-state index in [0.29, 0.717) is 11.1 Å². The molecular formula is C35H53NO12.